The van der Waals surface area contributed by atoms with Crippen LogP contribution < -0.4 is 4.90 Å². The molecule has 1 aliphatic rings. The number of aryl methyl sites for hydroxylation is 1. The molecule has 0 aromatic heterocycles. The quantitative estimate of drug-likeness (QED) is 0.349. The van der Waals surface area contributed by atoms with Crippen molar-refractivity contribution in [1.82, 2.24) is 0 Å². The summed E-state index contributed by atoms with van der Waals surface area (Å²) in [5.74, 6) is -2.31. The minimum atomic E-state index is -0.911. The number of carbonyl (C=O) groups is 2. The lowest BCUT2D eigenvalue weighted by molar-refractivity contribution is -0.132. The number of hydrogen-bond acceptors (Lipinski definition) is 3. The van der Waals surface area contributed by atoms with Crippen molar-refractivity contribution in [3.05, 3.63) is 106 Å². The molecule has 1 unspecified atom stereocenters. The molecule has 0 bridgehead atoms. The van der Waals surface area contributed by atoms with Crippen LogP contribution in [-0.4, -0.2) is 16.8 Å². The molecule has 0 radical (unpaired) electrons. The van der Waals surface area contributed by atoms with E-state index >= 15 is 0 Å². The predicted molar refractivity (Wildman–Crippen MR) is 114 cm³/mol. The molecule has 3 aromatic rings. The highest BCUT2D eigenvalue weighted by atomic mass is 35.5. The van der Waals surface area contributed by atoms with Crippen LogP contribution in [0.15, 0.2) is 78.4 Å². The Hall–Kier alpha value is -3.44. The molecule has 0 saturated carbocycles. The summed E-state index contributed by atoms with van der Waals surface area (Å²) >= 11 is 6.12. The minimum absolute atomic E-state index is 0.0505. The van der Waals surface area contributed by atoms with Gasteiger partial charge in [0.05, 0.1) is 11.6 Å². The summed E-state index contributed by atoms with van der Waals surface area (Å²) in [5, 5.41) is 11.5. The number of Topliss-reactive ketones (excluding diaryl/α,β-unsaturated/α-hetero) is 1. The van der Waals surface area contributed by atoms with E-state index in [0.29, 0.717) is 21.8 Å². The van der Waals surface area contributed by atoms with Crippen LogP contribution in [0, 0.1) is 12.7 Å². The van der Waals surface area contributed by atoms with E-state index in [1.807, 2.05) is 0 Å². The molecule has 1 aliphatic heterocycles. The topological polar surface area (TPSA) is 57.6 Å². The van der Waals surface area contributed by atoms with E-state index in [2.05, 4.69) is 0 Å². The SMILES string of the molecule is Cc1cc(N2C(=O)C(=O)/C(=C(\O)c3ccccc3)C2c2ccc(F)cc2)ccc1Cl. The van der Waals surface area contributed by atoms with Gasteiger partial charge in [0, 0.05) is 16.3 Å². The van der Waals surface area contributed by atoms with Crippen molar-refractivity contribution < 1.29 is 19.1 Å². The van der Waals surface area contributed by atoms with Crippen molar-refractivity contribution in [1.29, 1.82) is 0 Å². The van der Waals surface area contributed by atoms with E-state index in [4.69, 9.17) is 11.6 Å². The third-order valence-electron chi connectivity index (χ3n) is 5.10. The van der Waals surface area contributed by atoms with E-state index in [9.17, 15) is 19.1 Å². The molecule has 4 rings (SSSR count). The van der Waals surface area contributed by atoms with Crippen molar-refractivity contribution in [2.24, 2.45) is 0 Å². The molecule has 1 fully saturated rings. The molecule has 1 saturated heterocycles. The van der Waals surface area contributed by atoms with Crippen LogP contribution in [0.1, 0.15) is 22.7 Å². The number of halogens is 2. The molecule has 4 nitrogen and oxygen atoms in total. The van der Waals surface area contributed by atoms with Gasteiger partial charge in [-0.3, -0.25) is 14.5 Å². The van der Waals surface area contributed by atoms with E-state index in [1.165, 1.54) is 29.2 Å². The monoisotopic (exact) mass is 421 g/mol. The first kappa shape index (κ1) is 19.9. The molecule has 150 valence electrons. The normalized spacial score (nSPS) is 18.1. The van der Waals surface area contributed by atoms with Gasteiger partial charge in [0.25, 0.3) is 11.7 Å². The molecule has 1 heterocycles. The number of amides is 1. The Morgan fingerprint density at radius 1 is 1.00 bits per heavy atom. The summed E-state index contributed by atoms with van der Waals surface area (Å²) in [6.07, 6.45) is 0. The predicted octanol–water partition coefficient (Wildman–Crippen LogP) is 5.41. The molecule has 30 heavy (non-hydrogen) atoms. The molecule has 0 spiro atoms. The van der Waals surface area contributed by atoms with Crippen LogP contribution in [0.3, 0.4) is 0 Å². The summed E-state index contributed by atoms with van der Waals surface area (Å²) in [6.45, 7) is 1.79. The molecule has 1 N–H and O–H groups in total. The van der Waals surface area contributed by atoms with Crippen molar-refractivity contribution in [2.75, 3.05) is 4.90 Å². The molecular weight excluding hydrogens is 405 g/mol. The number of benzene rings is 3. The summed E-state index contributed by atoms with van der Waals surface area (Å²) in [6, 6.07) is 18.1. The van der Waals surface area contributed by atoms with Crippen LogP contribution in [0.2, 0.25) is 5.02 Å². The fourth-order valence-corrected chi connectivity index (χ4v) is 3.71. The van der Waals surface area contributed by atoms with Crippen LogP contribution in [-0.2, 0) is 9.59 Å². The number of carbonyl (C=O) groups excluding carboxylic acids is 2. The Balaban J connectivity index is 1.95. The van der Waals surface area contributed by atoms with E-state index in [1.54, 1.807) is 55.5 Å². The summed E-state index contributed by atoms with van der Waals surface area (Å²) in [5.41, 5.74) is 2.05. The maximum absolute atomic E-state index is 13.5. The fraction of sp³-hybridized carbons (Fsp3) is 0.0833. The zero-order valence-corrected chi connectivity index (χ0v) is 16.7. The highest BCUT2D eigenvalue weighted by molar-refractivity contribution is 6.51. The first-order chi connectivity index (χ1) is 14.4. The average molecular weight is 422 g/mol. The van der Waals surface area contributed by atoms with Crippen LogP contribution in [0.5, 0.6) is 0 Å². The zero-order chi connectivity index (χ0) is 21.4. The Bertz CT molecular complexity index is 1170. The number of nitrogens with zero attached hydrogens (tertiary/aromatic N) is 1. The van der Waals surface area contributed by atoms with Gasteiger partial charge in [0.2, 0.25) is 0 Å². The van der Waals surface area contributed by atoms with Gasteiger partial charge in [0.1, 0.15) is 11.6 Å². The Kier molecular flexibility index (Phi) is 5.14. The highest BCUT2D eigenvalue weighted by Gasteiger charge is 2.47. The number of rotatable bonds is 3. The van der Waals surface area contributed by atoms with Gasteiger partial charge < -0.3 is 5.11 Å². The maximum atomic E-state index is 13.5. The minimum Gasteiger partial charge on any atom is -0.507 e. The van der Waals surface area contributed by atoms with Gasteiger partial charge in [-0.05, 0) is 48.4 Å². The third-order valence-corrected chi connectivity index (χ3v) is 5.52. The average Bonchev–Trinajstić information content (AvgIpc) is 3.01. The molecule has 6 heteroatoms. The number of aliphatic hydroxyl groups excluding tert-OH is 1. The van der Waals surface area contributed by atoms with Gasteiger partial charge >= 0.3 is 0 Å². The van der Waals surface area contributed by atoms with E-state index < -0.39 is 23.5 Å². The van der Waals surface area contributed by atoms with Crippen molar-refractivity contribution >= 4 is 34.7 Å². The number of ketones is 1. The van der Waals surface area contributed by atoms with E-state index in [-0.39, 0.29) is 11.3 Å². The van der Waals surface area contributed by atoms with Gasteiger partial charge in [-0.1, -0.05) is 54.1 Å². The number of aliphatic hydroxyl groups is 1. The lowest BCUT2D eigenvalue weighted by atomic mass is 9.95. The second kappa shape index (κ2) is 7.76. The van der Waals surface area contributed by atoms with Crippen molar-refractivity contribution in [2.45, 2.75) is 13.0 Å². The summed E-state index contributed by atoms with van der Waals surface area (Å²) < 4.78 is 13.5. The molecule has 3 aromatic carbocycles. The standard InChI is InChI=1S/C24H17ClFNO3/c1-14-13-18(11-12-19(14)25)27-21(15-7-9-17(26)10-8-15)20(23(29)24(27)30)22(28)16-5-3-2-4-6-16/h2-13,21,28H,1H3/b22-20-. The second-order valence-corrected chi connectivity index (χ2v) is 7.43. The highest BCUT2D eigenvalue weighted by Crippen LogP contribution is 2.42. The van der Waals surface area contributed by atoms with E-state index in [0.717, 1.165) is 5.56 Å². The zero-order valence-electron chi connectivity index (χ0n) is 16.0. The number of anilines is 1. The lowest BCUT2D eigenvalue weighted by Gasteiger charge is -2.26. The largest absolute Gasteiger partial charge is 0.507 e. The number of hydrogen-bond donors (Lipinski definition) is 1. The van der Waals surface area contributed by atoms with Gasteiger partial charge in [-0.2, -0.15) is 0 Å². The summed E-state index contributed by atoms with van der Waals surface area (Å²) in [7, 11) is 0. The Labute approximate surface area is 177 Å². The summed E-state index contributed by atoms with van der Waals surface area (Å²) in [4.78, 5) is 27.3. The van der Waals surface area contributed by atoms with Crippen LogP contribution in [0.25, 0.3) is 5.76 Å². The lowest BCUT2D eigenvalue weighted by Crippen LogP contribution is -2.29. The van der Waals surface area contributed by atoms with Crippen molar-refractivity contribution in [3.8, 4) is 0 Å². The molecular formula is C24H17ClFNO3. The first-order valence-corrected chi connectivity index (χ1v) is 9.64. The molecule has 1 atom stereocenters. The van der Waals surface area contributed by atoms with Crippen LogP contribution >= 0.6 is 11.6 Å². The Morgan fingerprint density at radius 2 is 1.67 bits per heavy atom. The first-order valence-electron chi connectivity index (χ1n) is 9.26. The van der Waals surface area contributed by atoms with Crippen molar-refractivity contribution in [3.63, 3.8) is 0 Å². The van der Waals surface area contributed by atoms with Gasteiger partial charge in [0.15, 0.2) is 0 Å². The third kappa shape index (κ3) is 3.37. The Morgan fingerprint density at radius 3 is 2.30 bits per heavy atom. The maximum Gasteiger partial charge on any atom is 0.300 e. The fourth-order valence-electron chi connectivity index (χ4n) is 3.59. The van der Waals surface area contributed by atoms with Gasteiger partial charge in [-0.25, -0.2) is 4.39 Å². The molecule has 0 aliphatic carbocycles. The smallest absolute Gasteiger partial charge is 0.300 e. The molecule has 1 amide bonds. The van der Waals surface area contributed by atoms with Gasteiger partial charge in [-0.15, -0.1) is 0 Å². The second-order valence-electron chi connectivity index (χ2n) is 7.02. The van der Waals surface area contributed by atoms with Crippen LogP contribution in [0.4, 0.5) is 10.1 Å².